The summed E-state index contributed by atoms with van der Waals surface area (Å²) in [5, 5.41) is -0.931. The smallest absolute Gasteiger partial charge is 0.188 e. The van der Waals surface area contributed by atoms with E-state index in [0.29, 0.717) is 12.7 Å². The first-order valence-corrected chi connectivity index (χ1v) is 6.33. The average Bonchev–Trinajstić information content (AvgIpc) is 2.19. The van der Waals surface area contributed by atoms with Crippen LogP contribution in [0.1, 0.15) is 18.9 Å². The summed E-state index contributed by atoms with van der Waals surface area (Å²) in [6.45, 7) is 3.51. The highest BCUT2D eigenvalue weighted by molar-refractivity contribution is 7.92. The highest BCUT2D eigenvalue weighted by Crippen LogP contribution is 2.18. The van der Waals surface area contributed by atoms with Gasteiger partial charge in [-0.15, -0.1) is 0 Å². The van der Waals surface area contributed by atoms with Crippen LogP contribution < -0.4 is 0 Å². The fraction of sp³-hybridized carbons (Fsp3) is 0.364. The Kier molecular flexibility index (Phi) is 3.63. The monoisotopic (exact) mass is 226 g/mol. The van der Waals surface area contributed by atoms with Crippen LogP contribution in [-0.4, -0.2) is 20.0 Å². The molecule has 0 spiro atoms. The fourth-order valence-electron chi connectivity index (χ4n) is 1.36. The molecule has 1 atom stereocenters. The molecule has 0 aliphatic rings. The van der Waals surface area contributed by atoms with E-state index in [-0.39, 0.29) is 4.90 Å². The zero-order chi connectivity index (χ0) is 11.5. The Morgan fingerprint density at radius 3 is 2.53 bits per heavy atom. The zero-order valence-electron chi connectivity index (χ0n) is 8.80. The molecule has 0 aromatic heterocycles. The van der Waals surface area contributed by atoms with Gasteiger partial charge >= 0.3 is 0 Å². The highest BCUT2D eigenvalue weighted by Gasteiger charge is 2.25. The molecule has 1 unspecified atom stereocenters. The number of carbonyl (C=O) groups excluding carboxylic acids is 1. The van der Waals surface area contributed by atoms with Crippen molar-refractivity contribution >= 4 is 16.1 Å². The number of aryl methyl sites for hydroxylation is 1. The molecule has 0 aliphatic heterocycles. The number of hydrogen-bond acceptors (Lipinski definition) is 3. The van der Waals surface area contributed by atoms with Gasteiger partial charge in [-0.2, -0.15) is 0 Å². The number of aldehydes is 1. The van der Waals surface area contributed by atoms with Gasteiger partial charge in [0, 0.05) is 0 Å². The van der Waals surface area contributed by atoms with Gasteiger partial charge in [-0.3, -0.25) is 0 Å². The van der Waals surface area contributed by atoms with Crippen molar-refractivity contribution in [1.29, 1.82) is 0 Å². The standard InChI is InChI=1S/C11H14O3S/c1-3-10(8-12)15(13,14)11-6-4-5-9(2)7-11/h4-8,10H,3H2,1-2H3. The van der Waals surface area contributed by atoms with Crippen molar-refractivity contribution in [1.82, 2.24) is 0 Å². The Balaban J connectivity index is 3.22. The molecule has 0 fully saturated rings. The minimum Gasteiger partial charge on any atom is -0.302 e. The number of carbonyl (C=O) groups is 1. The lowest BCUT2D eigenvalue weighted by molar-refractivity contribution is -0.107. The maximum atomic E-state index is 11.9. The summed E-state index contributed by atoms with van der Waals surface area (Å²) in [4.78, 5) is 10.9. The Hall–Kier alpha value is -1.16. The topological polar surface area (TPSA) is 51.2 Å². The summed E-state index contributed by atoms with van der Waals surface area (Å²) in [6, 6.07) is 6.61. The summed E-state index contributed by atoms with van der Waals surface area (Å²) in [7, 11) is -3.49. The van der Waals surface area contributed by atoms with Crippen molar-refractivity contribution in [3.05, 3.63) is 29.8 Å². The van der Waals surface area contributed by atoms with Gasteiger partial charge in [0.1, 0.15) is 11.5 Å². The lowest BCUT2D eigenvalue weighted by atomic mass is 10.2. The molecular weight excluding hydrogens is 212 g/mol. The molecule has 1 aromatic carbocycles. The largest absolute Gasteiger partial charge is 0.302 e. The molecule has 0 amide bonds. The van der Waals surface area contributed by atoms with E-state index in [2.05, 4.69) is 0 Å². The van der Waals surface area contributed by atoms with E-state index in [1.807, 2.05) is 13.0 Å². The molecule has 0 saturated heterocycles. The van der Waals surface area contributed by atoms with E-state index in [1.165, 1.54) is 6.07 Å². The Bertz CT molecular complexity index is 449. The van der Waals surface area contributed by atoms with Crippen LogP contribution in [0, 0.1) is 6.92 Å². The first-order valence-electron chi connectivity index (χ1n) is 4.78. The molecule has 1 aromatic rings. The molecule has 0 aliphatic carbocycles. The molecule has 4 heteroatoms. The lowest BCUT2D eigenvalue weighted by Gasteiger charge is -2.09. The van der Waals surface area contributed by atoms with Crippen LogP contribution in [-0.2, 0) is 14.6 Å². The van der Waals surface area contributed by atoms with Gasteiger partial charge in [-0.1, -0.05) is 19.1 Å². The van der Waals surface area contributed by atoms with Crippen molar-refractivity contribution in [2.45, 2.75) is 30.4 Å². The first-order chi connectivity index (χ1) is 7.02. The minimum absolute atomic E-state index is 0.224. The molecule has 82 valence electrons. The van der Waals surface area contributed by atoms with Crippen LogP contribution in [0.15, 0.2) is 29.2 Å². The quantitative estimate of drug-likeness (QED) is 0.735. The molecule has 0 heterocycles. The summed E-state index contributed by atoms with van der Waals surface area (Å²) in [5.41, 5.74) is 0.872. The highest BCUT2D eigenvalue weighted by atomic mass is 32.2. The normalized spacial score (nSPS) is 13.5. The average molecular weight is 226 g/mol. The second kappa shape index (κ2) is 4.57. The van der Waals surface area contributed by atoms with Crippen molar-refractivity contribution in [3.8, 4) is 0 Å². The van der Waals surface area contributed by atoms with Crippen LogP contribution in [0.2, 0.25) is 0 Å². The second-order valence-electron chi connectivity index (χ2n) is 3.44. The molecule has 3 nitrogen and oxygen atoms in total. The van der Waals surface area contributed by atoms with Crippen LogP contribution >= 0.6 is 0 Å². The van der Waals surface area contributed by atoms with Crippen molar-refractivity contribution < 1.29 is 13.2 Å². The molecule has 0 bridgehead atoms. The van der Waals surface area contributed by atoms with Gasteiger partial charge in [0.05, 0.1) is 4.90 Å². The number of sulfone groups is 1. The Morgan fingerprint density at radius 2 is 2.07 bits per heavy atom. The van der Waals surface area contributed by atoms with Crippen LogP contribution in [0.25, 0.3) is 0 Å². The van der Waals surface area contributed by atoms with E-state index in [4.69, 9.17) is 0 Å². The molecule has 1 rings (SSSR count). The van der Waals surface area contributed by atoms with E-state index >= 15 is 0 Å². The minimum atomic E-state index is -3.49. The van der Waals surface area contributed by atoms with Gasteiger partial charge in [0.25, 0.3) is 0 Å². The summed E-state index contributed by atoms with van der Waals surface area (Å²) >= 11 is 0. The van der Waals surface area contributed by atoms with Crippen LogP contribution in [0.5, 0.6) is 0 Å². The third-order valence-electron chi connectivity index (χ3n) is 2.27. The number of benzene rings is 1. The molecule has 0 N–H and O–H groups in total. The van der Waals surface area contributed by atoms with Crippen LogP contribution in [0.3, 0.4) is 0 Å². The van der Waals surface area contributed by atoms with Gasteiger partial charge in [0.2, 0.25) is 0 Å². The van der Waals surface area contributed by atoms with Crippen molar-refractivity contribution in [2.75, 3.05) is 0 Å². The third-order valence-corrected chi connectivity index (χ3v) is 4.42. The first kappa shape index (κ1) is 11.9. The Morgan fingerprint density at radius 1 is 1.40 bits per heavy atom. The van der Waals surface area contributed by atoms with Gasteiger partial charge in [-0.05, 0) is 31.0 Å². The predicted molar refractivity (Wildman–Crippen MR) is 58.5 cm³/mol. The summed E-state index contributed by atoms with van der Waals surface area (Å²) in [6.07, 6.45) is 0.803. The van der Waals surface area contributed by atoms with Gasteiger partial charge in [0.15, 0.2) is 9.84 Å². The van der Waals surface area contributed by atoms with Gasteiger partial charge < -0.3 is 4.79 Å². The maximum absolute atomic E-state index is 11.9. The van der Waals surface area contributed by atoms with Crippen molar-refractivity contribution in [3.63, 3.8) is 0 Å². The molecular formula is C11H14O3S. The maximum Gasteiger partial charge on any atom is 0.188 e. The van der Waals surface area contributed by atoms with E-state index < -0.39 is 15.1 Å². The molecule has 0 radical (unpaired) electrons. The molecule has 15 heavy (non-hydrogen) atoms. The second-order valence-corrected chi connectivity index (χ2v) is 5.61. The van der Waals surface area contributed by atoms with E-state index in [0.717, 1.165) is 5.56 Å². The Labute approximate surface area is 90.0 Å². The van der Waals surface area contributed by atoms with Crippen LogP contribution in [0.4, 0.5) is 0 Å². The van der Waals surface area contributed by atoms with E-state index in [1.54, 1.807) is 19.1 Å². The lowest BCUT2D eigenvalue weighted by Crippen LogP contribution is -2.22. The van der Waals surface area contributed by atoms with Gasteiger partial charge in [-0.25, -0.2) is 8.42 Å². The number of rotatable bonds is 4. The number of hydrogen-bond donors (Lipinski definition) is 0. The summed E-state index contributed by atoms with van der Waals surface area (Å²) < 4.78 is 23.8. The molecule has 0 saturated carbocycles. The zero-order valence-corrected chi connectivity index (χ0v) is 9.62. The fourth-order valence-corrected chi connectivity index (χ4v) is 2.91. The predicted octanol–water partition coefficient (Wildman–Crippen LogP) is 1.75. The third kappa shape index (κ3) is 2.45. The van der Waals surface area contributed by atoms with Crippen molar-refractivity contribution in [2.24, 2.45) is 0 Å². The summed E-state index contributed by atoms with van der Waals surface area (Å²) in [5.74, 6) is 0. The van der Waals surface area contributed by atoms with E-state index in [9.17, 15) is 13.2 Å². The SMILES string of the molecule is CCC(C=O)S(=O)(=O)c1cccc(C)c1.